The maximum atomic E-state index is 12.0. The molecule has 1 aromatic rings. The molecule has 2 saturated carbocycles. The minimum Gasteiger partial charge on any atom is -0.479 e. The monoisotopic (exact) mass is 425 g/mol. The highest BCUT2D eigenvalue weighted by Gasteiger charge is 2.42. The molecule has 168 valence electrons. The Kier molecular flexibility index (Phi) is 5.95. The fraction of sp³-hybridized carbons (Fsp3) is 0.625. The Bertz CT molecular complexity index is 874. The smallest absolute Gasteiger partial charge is 0.252 e. The van der Waals surface area contributed by atoms with Crippen molar-refractivity contribution in [3.8, 4) is 0 Å². The summed E-state index contributed by atoms with van der Waals surface area (Å²) in [5, 5.41) is 0. The number of primary amides is 1. The Morgan fingerprint density at radius 2 is 1.97 bits per heavy atom. The molecule has 1 atom stereocenters. The van der Waals surface area contributed by atoms with Gasteiger partial charge >= 0.3 is 0 Å². The zero-order chi connectivity index (χ0) is 22.2. The second kappa shape index (κ2) is 8.52. The molecule has 1 aliphatic heterocycles. The van der Waals surface area contributed by atoms with Gasteiger partial charge in [-0.05, 0) is 81.8 Å². The van der Waals surface area contributed by atoms with E-state index < -0.39 is 5.91 Å². The maximum Gasteiger partial charge on any atom is 0.252 e. The van der Waals surface area contributed by atoms with Crippen molar-refractivity contribution in [2.24, 2.45) is 40.1 Å². The molecule has 2 heterocycles. The average Bonchev–Trinajstić information content (AvgIpc) is 3.60. The number of allylic oxidation sites excluding steroid dienone is 1. The van der Waals surface area contributed by atoms with Gasteiger partial charge in [0, 0.05) is 24.4 Å². The Morgan fingerprint density at radius 1 is 1.29 bits per heavy atom. The van der Waals surface area contributed by atoms with E-state index in [0.29, 0.717) is 41.5 Å². The van der Waals surface area contributed by atoms with Crippen LogP contribution in [0.3, 0.4) is 0 Å². The molecule has 4 rings (SSSR count). The average molecular weight is 426 g/mol. The second-order valence-corrected chi connectivity index (χ2v) is 10.1. The van der Waals surface area contributed by atoms with Gasteiger partial charge in [0.2, 0.25) is 0 Å². The predicted molar refractivity (Wildman–Crippen MR) is 123 cm³/mol. The third-order valence-corrected chi connectivity index (χ3v) is 6.80. The number of aromatic nitrogens is 1. The number of hydrogen-bond donors (Lipinski definition) is 2. The number of hydrogen-bond acceptors (Lipinski definition) is 6. The van der Waals surface area contributed by atoms with Crippen molar-refractivity contribution in [2.75, 3.05) is 18.1 Å². The minimum atomic E-state index is -0.480. The highest BCUT2D eigenvalue weighted by Crippen LogP contribution is 2.49. The first-order valence-electron chi connectivity index (χ1n) is 11.5. The minimum absolute atomic E-state index is 0.100. The largest absolute Gasteiger partial charge is 0.479 e. The van der Waals surface area contributed by atoms with Crippen LogP contribution in [0.1, 0.15) is 63.2 Å². The van der Waals surface area contributed by atoms with Crippen molar-refractivity contribution in [1.29, 1.82) is 0 Å². The molecule has 1 aromatic heterocycles. The van der Waals surface area contributed by atoms with Crippen LogP contribution in [0.4, 0.5) is 11.6 Å². The number of anilines is 1. The van der Waals surface area contributed by atoms with Crippen LogP contribution in [0.2, 0.25) is 0 Å². The van der Waals surface area contributed by atoms with E-state index in [0.717, 1.165) is 24.8 Å². The molecule has 1 saturated heterocycles. The number of nitrogens with two attached hydrogens (primary N) is 2. The normalized spacial score (nSPS) is 23.7. The lowest BCUT2D eigenvalue weighted by Crippen LogP contribution is -2.40. The van der Waals surface area contributed by atoms with E-state index in [1.54, 1.807) is 24.4 Å². The van der Waals surface area contributed by atoms with Gasteiger partial charge in [0.25, 0.3) is 5.91 Å². The van der Waals surface area contributed by atoms with Gasteiger partial charge in [0.1, 0.15) is 5.82 Å². The van der Waals surface area contributed by atoms with Gasteiger partial charge in [-0.2, -0.15) is 0 Å². The molecule has 0 radical (unpaired) electrons. The van der Waals surface area contributed by atoms with Crippen molar-refractivity contribution in [3.63, 3.8) is 0 Å². The van der Waals surface area contributed by atoms with E-state index in [1.165, 1.54) is 25.7 Å². The summed E-state index contributed by atoms with van der Waals surface area (Å²) < 4.78 is 5.80. The van der Waals surface area contributed by atoms with Crippen molar-refractivity contribution < 1.29 is 9.53 Å². The van der Waals surface area contributed by atoms with E-state index in [2.05, 4.69) is 35.6 Å². The van der Waals surface area contributed by atoms with Crippen LogP contribution in [-0.2, 0) is 4.74 Å². The summed E-state index contributed by atoms with van der Waals surface area (Å²) in [6.07, 6.45) is 9.62. The van der Waals surface area contributed by atoms with E-state index in [1.807, 2.05) is 0 Å². The maximum absolute atomic E-state index is 12.0. The van der Waals surface area contributed by atoms with Crippen molar-refractivity contribution in [3.05, 3.63) is 29.7 Å². The van der Waals surface area contributed by atoms with Gasteiger partial charge in [-0.1, -0.05) is 6.92 Å². The first kappa shape index (κ1) is 21.7. The van der Waals surface area contributed by atoms with Crippen LogP contribution in [-0.4, -0.2) is 35.8 Å². The molecule has 7 heteroatoms. The first-order chi connectivity index (χ1) is 14.7. The molecule has 2 aliphatic carbocycles. The number of carbonyl (C=O) groups excluding carboxylic acids is 1. The molecule has 31 heavy (non-hydrogen) atoms. The summed E-state index contributed by atoms with van der Waals surface area (Å²) in [5.74, 6) is 3.83. The molecular formula is C24H35N5O2. The first-order valence-corrected chi connectivity index (χ1v) is 11.5. The molecule has 0 bridgehead atoms. The fourth-order valence-electron chi connectivity index (χ4n) is 5.00. The molecule has 0 aromatic carbocycles. The van der Waals surface area contributed by atoms with Gasteiger partial charge in [0.05, 0.1) is 12.2 Å². The Balaban J connectivity index is 1.44. The molecule has 0 spiro atoms. The van der Waals surface area contributed by atoms with E-state index in [-0.39, 0.29) is 5.54 Å². The highest BCUT2D eigenvalue weighted by atomic mass is 16.5. The number of carbonyl (C=O) groups is 1. The number of ether oxygens (including phenoxy) is 1. The fourth-order valence-corrected chi connectivity index (χ4v) is 5.00. The van der Waals surface area contributed by atoms with Crippen molar-refractivity contribution in [2.45, 2.75) is 58.4 Å². The van der Waals surface area contributed by atoms with Crippen LogP contribution >= 0.6 is 0 Å². The second-order valence-electron chi connectivity index (χ2n) is 10.1. The van der Waals surface area contributed by atoms with Crippen LogP contribution < -0.4 is 16.4 Å². The molecular weight excluding hydrogens is 390 g/mol. The Labute approximate surface area is 184 Å². The summed E-state index contributed by atoms with van der Waals surface area (Å²) in [6.45, 7) is 8.06. The van der Waals surface area contributed by atoms with Crippen LogP contribution in [0.5, 0.6) is 0 Å². The summed E-state index contributed by atoms with van der Waals surface area (Å²) in [5.41, 5.74) is 12.0. The standard InChI is InChI=1S/C24H35N5O2/c1-15-12-24(2,3)29(13-15)23-18(22(26)30)8-9-21(28-23)27-11-10-20(25)31-14-19(16-4-5-16)17-6-7-17/h8-11,15-17,19H,4-7,12-14,25H2,1-3H3,(H2,26,30)/t15-/m0/s1. The van der Waals surface area contributed by atoms with Crippen LogP contribution in [0.25, 0.3) is 0 Å². The van der Waals surface area contributed by atoms with Gasteiger partial charge in [0.15, 0.2) is 11.7 Å². The molecule has 0 unspecified atom stereocenters. The van der Waals surface area contributed by atoms with Gasteiger partial charge in [-0.25, -0.2) is 9.98 Å². The van der Waals surface area contributed by atoms with Crippen molar-refractivity contribution >= 4 is 23.8 Å². The zero-order valence-electron chi connectivity index (χ0n) is 18.9. The SMILES string of the molecule is C[C@@H]1CN(c2nc(N=CC=C(N)OCC(C3CC3)C3CC3)ccc2C(N)=O)C(C)(C)C1. The summed E-state index contributed by atoms with van der Waals surface area (Å²) in [6, 6.07) is 3.41. The Morgan fingerprint density at radius 3 is 2.52 bits per heavy atom. The zero-order valence-corrected chi connectivity index (χ0v) is 18.9. The summed E-state index contributed by atoms with van der Waals surface area (Å²) >= 11 is 0. The topological polar surface area (TPSA) is 107 Å². The Hall–Kier alpha value is -2.57. The predicted octanol–water partition coefficient (Wildman–Crippen LogP) is 3.76. The molecule has 1 amide bonds. The number of aliphatic imine (C=N–C) groups is 1. The lowest BCUT2D eigenvalue weighted by atomic mass is 9.97. The third-order valence-electron chi connectivity index (χ3n) is 6.80. The lowest BCUT2D eigenvalue weighted by molar-refractivity contribution is 0.100. The summed E-state index contributed by atoms with van der Waals surface area (Å²) in [4.78, 5) is 23.2. The number of nitrogens with zero attached hydrogens (tertiary/aromatic N) is 3. The molecule has 3 fully saturated rings. The number of amides is 1. The van der Waals surface area contributed by atoms with Gasteiger partial charge in [-0.3, -0.25) is 4.79 Å². The van der Waals surface area contributed by atoms with Gasteiger partial charge in [-0.15, -0.1) is 0 Å². The molecule has 7 nitrogen and oxygen atoms in total. The van der Waals surface area contributed by atoms with Crippen LogP contribution in [0, 0.1) is 23.7 Å². The quantitative estimate of drug-likeness (QED) is 0.463. The third kappa shape index (κ3) is 5.20. The lowest BCUT2D eigenvalue weighted by Gasteiger charge is -2.33. The number of pyridine rings is 1. The van der Waals surface area contributed by atoms with Gasteiger partial charge < -0.3 is 21.1 Å². The van der Waals surface area contributed by atoms with E-state index >= 15 is 0 Å². The van der Waals surface area contributed by atoms with Crippen molar-refractivity contribution in [1.82, 2.24) is 4.98 Å². The number of rotatable bonds is 9. The highest BCUT2D eigenvalue weighted by molar-refractivity contribution is 5.98. The summed E-state index contributed by atoms with van der Waals surface area (Å²) in [7, 11) is 0. The van der Waals surface area contributed by atoms with Crippen LogP contribution in [0.15, 0.2) is 29.1 Å². The van der Waals surface area contributed by atoms with E-state index in [4.69, 9.17) is 16.2 Å². The molecule has 4 N–H and O–H groups in total. The molecule has 3 aliphatic rings. The van der Waals surface area contributed by atoms with E-state index in [9.17, 15) is 4.79 Å².